The Kier molecular flexibility index (Phi) is 8.30. The maximum atomic E-state index is 11.8. The third kappa shape index (κ3) is 7.53. The van der Waals surface area contributed by atoms with E-state index in [1.807, 2.05) is 0 Å². The summed E-state index contributed by atoms with van der Waals surface area (Å²) in [5.41, 5.74) is 0.500. The van der Waals surface area contributed by atoms with Gasteiger partial charge in [-0.3, -0.25) is 9.35 Å². The number of unbranched alkanes of at least 4 members (excludes halogenated alkanes) is 1. The van der Waals surface area contributed by atoms with Gasteiger partial charge in [-0.15, -0.1) is 0 Å². The van der Waals surface area contributed by atoms with Crippen LogP contribution >= 0.6 is 25.3 Å². The number of hydrogen-bond donors (Lipinski definition) is 4. The van der Waals surface area contributed by atoms with E-state index < -0.39 is 10.1 Å². The highest BCUT2D eigenvalue weighted by Gasteiger charge is 2.09. The molecule has 0 radical (unpaired) electrons. The molecule has 1 aromatic rings. The van der Waals surface area contributed by atoms with Gasteiger partial charge in [0.05, 0.1) is 4.90 Å². The first kappa shape index (κ1) is 19.3. The standard InChI is InChI=1S/C14H21NO4S3/c16-14(4-2-1-3-12(21)9-10-20)15-11-5-7-13(8-6-11)22(17,18)19/h5-8,12,20-21H,1-4,9-10H2,(H,15,16)(H,17,18,19). The van der Waals surface area contributed by atoms with Crippen LogP contribution in [0.5, 0.6) is 0 Å². The molecular weight excluding hydrogens is 342 g/mol. The molecule has 0 heterocycles. The highest BCUT2D eigenvalue weighted by atomic mass is 32.2. The number of nitrogens with one attached hydrogen (secondary N) is 1. The molecule has 1 rings (SSSR count). The number of rotatable bonds is 9. The number of thiol groups is 2. The van der Waals surface area contributed by atoms with Gasteiger partial charge in [-0.25, -0.2) is 0 Å². The van der Waals surface area contributed by atoms with E-state index in [1.54, 1.807) is 0 Å². The molecule has 1 atom stereocenters. The maximum Gasteiger partial charge on any atom is 0.294 e. The number of hydrogen-bond acceptors (Lipinski definition) is 5. The minimum absolute atomic E-state index is 0.121. The Morgan fingerprint density at radius 1 is 1.18 bits per heavy atom. The smallest absolute Gasteiger partial charge is 0.294 e. The molecule has 1 unspecified atom stereocenters. The van der Waals surface area contributed by atoms with E-state index in [1.165, 1.54) is 24.3 Å². The number of carbonyl (C=O) groups excluding carboxylic acids is 1. The monoisotopic (exact) mass is 363 g/mol. The highest BCUT2D eigenvalue weighted by molar-refractivity contribution is 7.85. The van der Waals surface area contributed by atoms with Crippen LogP contribution in [0, 0.1) is 0 Å². The van der Waals surface area contributed by atoms with Crippen molar-refractivity contribution in [2.75, 3.05) is 11.1 Å². The summed E-state index contributed by atoms with van der Waals surface area (Å²) in [6, 6.07) is 5.37. The van der Waals surface area contributed by atoms with Gasteiger partial charge >= 0.3 is 0 Å². The second-order valence-electron chi connectivity index (χ2n) is 4.96. The van der Waals surface area contributed by atoms with Crippen LogP contribution in [0.15, 0.2) is 29.2 Å². The summed E-state index contributed by atoms with van der Waals surface area (Å²) >= 11 is 8.58. The van der Waals surface area contributed by atoms with E-state index in [0.29, 0.717) is 17.4 Å². The van der Waals surface area contributed by atoms with Gasteiger partial charge in [0.2, 0.25) is 5.91 Å². The van der Waals surface area contributed by atoms with Crippen molar-refractivity contribution < 1.29 is 17.8 Å². The molecule has 0 spiro atoms. The Morgan fingerprint density at radius 3 is 2.36 bits per heavy atom. The first-order chi connectivity index (χ1) is 10.3. The molecule has 22 heavy (non-hydrogen) atoms. The van der Waals surface area contributed by atoms with Gasteiger partial charge in [-0.05, 0) is 49.3 Å². The number of anilines is 1. The van der Waals surface area contributed by atoms with Crippen LogP contribution in [0.2, 0.25) is 0 Å². The molecule has 5 nitrogen and oxygen atoms in total. The van der Waals surface area contributed by atoms with Crippen LogP contribution < -0.4 is 5.32 Å². The van der Waals surface area contributed by atoms with E-state index in [0.717, 1.165) is 31.4 Å². The van der Waals surface area contributed by atoms with Crippen LogP contribution in [-0.2, 0) is 14.9 Å². The number of carbonyl (C=O) groups is 1. The fourth-order valence-corrected chi connectivity index (χ4v) is 3.20. The van der Waals surface area contributed by atoms with Crippen LogP contribution in [0.4, 0.5) is 5.69 Å². The lowest BCUT2D eigenvalue weighted by molar-refractivity contribution is -0.116. The maximum absolute atomic E-state index is 11.8. The van der Waals surface area contributed by atoms with Gasteiger partial charge in [0.25, 0.3) is 10.1 Å². The van der Waals surface area contributed by atoms with Gasteiger partial charge in [0.1, 0.15) is 0 Å². The molecule has 8 heteroatoms. The van der Waals surface area contributed by atoms with E-state index in [9.17, 15) is 13.2 Å². The predicted molar refractivity (Wildman–Crippen MR) is 94.6 cm³/mol. The second kappa shape index (κ2) is 9.44. The predicted octanol–water partition coefficient (Wildman–Crippen LogP) is 3.05. The van der Waals surface area contributed by atoms with Crippen molar-refractivity contribution in [3.63, 3.8) is 0 Å². The molecule has 1 amide bonds. The lowest BCUT2D eigenvalue weighted by Crippen LogP contribution is -2.11. The highest BCUT2D eigenvalue weighted by Crippen LogP contribution is 2.15. The molecule has 0 aromatic heterocycles. The first-order valence-corrected chi connectivity index (χ1v) is 9.58. The largest absolute Gasteiger partial charge is 0.326 e. The Morgan fingerprint density at radius 2 is 1.82 bits per heavy atom. The fourth-order valence-electron chi connectivity index (χ4n) is 1.89. The Balaban J connectivity index is 2.33. The SMILES string of the molecule is O=C(CCCCC(S)CCS)Nc1ccc(S(=O)(=O)O)cc1. The van der Waals surface area contributed by atoms with Crippen molar-refractivity contribution in [3.8, 4) is 0 Å². The molecule has 0 bridgehead atoms. The minimum atomic E-state index is -4.20. The van der Waals surface area contributed by atoms with Crippen molar-refractivity contribution >= 4 is 47.0 Å². The summed E-state index contributed by atoms with van der Waals surface area (Å²) < 4.78 is 30.7. The number of amides is 1. The topological polar surface area (TPSA) is 83.5 Å². The number of benzene rings is 1. The molecule has 1 aromatic carbocycles. The molecule has 0 aliphatic heterocycles. The molecule has 0 aliphatic carbocycles. The summed E-state index contributed by atoms with van der Waals surface area (Å²) in [6.45, 7) is 0. The fraction of sp³-hybridized carbons (Fsp3) is 0.500. The van der Waals surface area contributed by atoms with Crippen molar-refractivity contribution in [1.82, 2.24) is 0 Å². The summed E-state index contributed by atoms with van der Waals surface area (Å²) in [7, 11) is -4.20. The zero-order valence-electron chi connectivity index (χ0n) is 12.1. The molecular formula is C14H21NO4S3. The normalized spacial score (nSPS) is 12.9. The van der Waals surface area contributed by atoms with Crippen LogP contribution in [-0.4, -0.2) is 29.9 Å². The van der Waals surface area contributed by atoms with Crippen molar-refractivity contribution in [1.29, 1.82) is 0 Å². The Labute approximate surface area is 142 Å². The molecule has 0 saturated heterocycles. The first-order valence-electron chi connectivity index (χ1n) is 6.99. The minimum Gasteiger partial charge on any atom is -0.326 e. The molecule has 124 valence electrons. The van der Waals surface area contributed by atoms with Crippen molar-refractivity contribution in [2.24, 2.45) is 0 Å². The summed E-state index contributed by atoms with van der Waals surface area (Å²) in [5.74, 6) is 0.693. The van der Waals surface area contributed by atoms with E-state index in [-0.39, 0.29) is 10.8 Å². The third-order valence-electron chi connectivity index (χ3n) is 3.09. The molecule has 0 fully saturated rings. The second-order valence-corrected chi connectivity index (χ2v) is 7.56. The van der Waals surface area contributed by atoms with Crippen molar-refractivity contribution in [2.45, 2.75) is 42.2 Å². The van der Waals surface area contributed by atoms with E-state index in [2.05, 4.69) is 30.6 Å². The van der Waals surface area contributed by atoms with Gasteiger partial charge in [0, 0.05) is 17.4 Å². The Hall–Kier alpha value is -0.700. The van der Waals surface area contributed by atoms with Gasteiger partial charge < -0.3 is 5.32 Å². The van der Waals surface area contributed by atoms with Crippen LogP contribution in [0.25, 0.3) is 0 Å². The van der Waals surface area contributed by atoms with E-state index >= 15 is 0 Å². The average Bonchev–Trinajstić information content (AvgIpc) is 2.43. The lowest BCUT2D eigenvalue weighted by Gasteiger charge is -2.09. The van der Waals surface area contributed by atoms with Crippen molar-refractivity contribution in [3.05, 3.63) is 24.3 Å². The zero-order valence-corrected chi connectivity index (χ0v) is 14.7. The average molecular weight is 364 g/mol. The Bertz CT molecular complexity index is 572. The zero-order chi connectivity index (χ0) is 16.6. The van der Waals surface area contributed by atoms with Crippen LogP contribution in [0.3, 0.4) is 0 Å². The van der Waals surface area contributed by atoms with E-state index in [4.69, 9.17) is 4.55 Å². The summed E-state index contributed by atoms with van der Waals surface area (Å²) in [6.07, 6.45) is 4.02. The van der Waals surface area contributed by atoms with Crippen LogP contribution in [0.1, 0.15) is 32.1 Å². The van der Waals surface area contributed by atoms with Gasteiger partial charge in [-0.2, -0.15) is 33.7 Å². The molecule has 2 N–H and O–H groups in total. The van der Waals surface area contributed by atoms with Gasteiger partial charge in [0.15, 0.2) is 0 Å². The lowest BCUT2D eigenvalue weighted by atomic mass is 10.1. The van der Waals surface area contributed by atoms with Gasteiger partial charge in [-0.1, -0.05) is 6.42 Å². The summed E-state index contributed by atoms with van der Waals surface area (Å²) in [4.78, 5) is 11.6. The summed E-state index contributed by atoms with van der Waals surface area (Å²) in [5, 5.41) is 3.01. The quantitative estimate of drug-likeness (QED) is 0.309. The molecule has 0 saturated carbocycles. The molecule has 0 aliphatic rings. The third-order valence-corrected chi connectivity index (χ3v) is 4.73.